The fraction of sp³-hybridized carbons (Fsp3) is 0.556. The number of pyridine rings is 2. The number of nitrogens with zero attached hydrogens (tertiary/aromatic N) is 4. The number of nitrogens with one attached hydrogen (secondary N) is 2. The second-order valence-electron chi connectivity index (χ2n) is 10.2. The molecular formula is C27H36N6O4. The number of carboxylic acids is 1. The molecule has 2 atom stereocenters. The normalized spacial score (nSPS) is 20.5. The highest BCUT2D eigenvalue weighted by Crippen LogP contribution is 2.23. The minimum absolute atomic E-state index is 0.157. The zero-order valence-electron chi connectivity index (χ0n) is 21.1. The molecule has 0 radical (unpaired) electrons. The van der Waals surface area contributed by atoms with E-state index in [-0.39, 0.29) is 17.9 Å². The third-order valence-corrected chi connectivity index (χ3v) is 7.47. The lowest BCUT2D eigenvalue weighted by molar-refractivity contribution is -0.143. The third kappa shape index (κ3) is 6.56. The van der Waals surface area contributed by atoms with Crippen molar-refractivity contribution in [1.29, 1.82) is 0 Å². The van der Waals surface area contributed by atoms with Crippen LogP contribution in [0.1, 0.15) is 30.5 Å². The molecule has 2 aromatic rings. The number of carbonyl (C=O) groups is 2. The van der Waals surface area contributed by atoms with Crippen LogP contribution in [0.2, 0.25) is 0 Å². The summed E-state index contributed by atoms with van der Waals surface area (Å²) in [5.41, 5.74) is 2.32. The van der Waals surface area contributed by atoms with Gasteiger partial charge in [-0.05, 0) is 49.4 Å². The number of aromatic nitrogens is 2. The van der Waals surface area contributed by atoms with Crippen LogP contribution in [-0.2, 0) is 27.2 Å². The highest BCUT2D eigenvalue weighted by molar-refractivity contribution is 5.85. The predicted octanol–water partition coefficient (Wildman–Crippen LogP) is 1.56. The molecule has 3 aliphatic rings. The fourth-order valence-electron chi connectivity index (χ4n) is 5.23. The van der Waals surface area contributed by atoms with Crippen molar-refractivity contribution in [3.05, 3.63) is 47.8 Å². The smallest absolute Gasteiger partial charge is 0.326 e. The molecule has 0 aliphatic carbocycles. The van der Waals surface area contributed by atoms with Crippen LogP contribution in [0.4, 0.5) is 11.6 Å². The molecule has 0 unspecified atom stereocenters. The Labute approximate surface area is 217 Å². The summed E-state index contributed by atoms with van der Waals surface area (Å²) < 4.78 is 5.99. The topological polar surface area (TPSA) is 120 Å². The van der Waals surface area contributed by atoms with Crippen molar-refractivity contribution >= 4 is 23.5 Å². The quantitative estimate of drug-likeness (QED) is 0.415. The minimum atomic E-state index is -0.992. The highest BCUT2D eigenvalue weighted by Gasteiger charge is 2.33. The largest absolute Gasteiger partial charge is 0.480 e. The van der Waals surface area contributed by atoms with Gasteiger partial charge in [0.15, 0.2) is 0 Å². The second kappa shape index (κ2) is 11.9. The number of rotatable bonds is 11. The Balaban J connectivity index is 0.989. The van der Waals surface area contributed by atoms with Gasteiger partial charge in [-0.3, -0.25) is 9.69 Å². The van der Waals surface area contributed by atoms with E-state index in [0.717, 1.165) is 62.8 Å². The lowest BCUT2D eigenvalue weighted by Crippen LogP contribution is -2.54. The Kier molecular flexibility index (Phi) is 8.15. The molecule has 2 aromatic heterocycles. The Morgan fingerprint density at radius 1 is 1.22 bits per heavy atom. The first-order chi connectivity index (χ1) is 18.0. The standard InChI is InChI=1S/C27H36N6O4/c34-26(20-8-14-33(16-20)24-5-1-2-11-28-24)31-23(27(35)36)9-13-32-17-22(18-32)37-15-10-21-7-6-19-4-3-12-29-25(19)30-21/h1-2,5-7,11,20,22-23H,3-4,8-10,12-18H2,(H,29,30)(H,31,34)(H,35,36)/t20-,23-/m0/s1. The average molecular weight is 509 g/mol. The number of aliphatic carboxylic acids is 1. The number of hydrogen-bond acceptors (Lipinski definition) is 8. The van der Waals surface area contributed by atoms with Crippen molar-refractivity contribution in [1.82, 2.24) is 20.2 Å². The Morgan fingerprint density at radius 3 is 2.92 bits per heavy atom. The van der Waals surface area contributed by atoms with Crippen molar-refractivity contribution in [3.8, 4) is 0 Å². The summed E-state index contributed by atoms with van der Waals surface area (Å²) in [6, 6.07) is 9.07. The number of fused-ring (bicyclic) bond motifs is 1. The summed E-state index contributed by atoms with van der Waals surface area (Å²) in [7, 11) is 0. The molecular weight excluding hydrogens is 472 g/mol. The van der Waals surface area contributed by atoms with Gasteiger partial charge in [-0.2, -0.15) is 0 Å². The van der Waals surface area contributed by atoms with Crippen LogP contribution >= 0.6 is 0 Å². The van der Waals surface area contributed by atoms with E-state index in [1.54, 1.807) is 6.20 Å². The molecule has 3 N–H and O–H groups in total. The third-order valence-electron chi connectivity index (χ3n) is 7.47. The zero-order valence-corrected chi connectivity index (χ0v) is 21.1. The van der Waals surface area contributed by atoms with Gasteiger partial charge in [-0.15, -0.1) is 0 Å². The summed E-state index contributed by atoms with van der Waals surface area (Å²) in [5, 5.41) is 15.8. The molecule has 0 aromatic carbocycles. The van der Waals surface area contributed by atoms with Gasteiger partial charge in [0.05, 0.1) is 18.6 Å². The summed E-state index contributed by atoms with van der Waals surface area (Å²) in [6.07, 6.45) is 5.97. The van der Waals surface area contributed by atoms with E-state index in [2.05, 4.69) is 37.6 Å². The maximum absolute atomic E-state index is 12.8. The maximum Gasteiger partial charge on any atom is 0.326 e. The van der Waals surface area contributed by atoms with Crippen LogP contribution in [0.5, 0.6) is 0 Å². The molecule has 0 spiro atoms. The van der Waals surface area contributed by atoms with E-state index in [1.807, 2.05) is 18.2 Å². The molecule has 198 valence electrons. The molecule has 2 saturated heterocycles. The van der Waals surface area contributed by atoms with Gasteiger partial charge in [0.2, 0.25) is 5.91 Å². The van der Waals surface area contributed by atoms with E-state index >= 15 is 0 Å². The van der Waals surface area contributed by atoms with Crippen molar-refractivity contribution in [3.63, 3.8) is 0 Å². The number of hydrogen-bond donors (Lipinski definition) is 3. The molecule has 1 amide bonds. The van der Waals surface area contributed by atoms with E-state index < -0.39 is 12.0 Å². The summed E-state index contributed by atoms with van der Waals surface area (Å²) >= 11 is 0. The van der Waals surface area contributed by atoms with Gasteiger partial charge >= 0.3 is 5.97 Å². The molecule has 10 heteroatoms. The fourth-order valence-corrected chi connectivity index (χ4v) is 5.23. The number of anilines is 2. The van der Waals surface area contributed by atoms with Gasteiger partial charge in [0.25, 0.3) is 0 Å². The lowest BCUT2D eigenvalue weighted by Gasteiger charge is -2.39. The average Bonchev–Trinajstić information content (AvgIpc) is 3.39. The molecule has 37 heavy (non-hydrogen) atoms. The van der Waals surface area contributed by atoms with Crippen molar-refractivity contribution in [2.24, 2.45) is 5.92 Å². The first-order valence-electron chi connectivity index (χ1n) is 13.3. The SMILES string of the molecule is O=C(N[C@@H](CCN1CC(OCCc2ccc3c(n2)NCCC3)C1)C(=O)O)[C@H]1CCN(c2ccccn2)C1. The first-order valence-corrected chi connectivity index (χ1v) is 13.3. The van der Waals surface area contributed by atoms with Gasteiger partial charge < -0.3 is 25.4 Å². The number of carboxylic acid groups (broad SMARTS) is 1. The first kappa shape index (κ1) is 25.4. The molecule has 10 nitrogen and oxygen atoms in total. The zero-order chi connectivity index (χ0) is 25.6. The summed E-state index contributed by atoms with van der Waals surface area (Å²) in [6.45, 7) is 5.06. The number of likely N-dealkylation sites (tertiary alicyclic amines) is 1. The van der Waals surface area contributed by atoms with Gasteiger partial charge in [-0.1, -0.05) is 12.1 Å². The van der Waals surface area contributed by atoms with Crippen molar-refractivity contribution in [2.45, 2.75) is 44.2 Å². The van der Waals surface area contributed by atoms with Gasteiger partial charge in [-0.25, -0.2) is 14.8 Å². The molecule has 5 rings (SSSR count). The minimum Gasteiger partial charge on any atom is -0.480 e. The van der Waals surface area contributed by atoms with Crippen LogP contribution < -0.4 is 15.5 Å². The Bertz CT molecular complexity index is 1080. The Morgan fingerprint density at radius 2 is 2.11 bits per heavy atom. The lowest BCUT2D eigenvalue weighted by atomic mass is 10.1. The van der Waals surface area contributed by atoms with E-state index in [0.29, 0.717) is 32.5 Å². The van der Waals surface area contributed by atoms with Crippen LogP contribution in [0, 0.1) is 5.92 Å². The van der Waals surface area contributed by atoms with Crippen LogP contribution in [0.15, 0.2) is 36.5 Å². The number of aryl methyl sites for hydroxylation is 1. The Hall–Kier alpha value is -3.24. The second-order valence-corrected chi connectivity index (χ2v) is 10.2. The maximum atomic E-state index is 12.8. The number of carbonyl (C=O) groups excluding carboxylic acids is 1. The van der Waals surface area contributed by atoms with Gasteiger partial charge in [0.1, 0.15) is 17.7 Å². The molecule has 0 bridgehead atoms. The monoisotopic (exact) mass is 508 g/mol. The molecule has 2 fully saturated rings. The van der Waals surface area contributed by atoms with E-state index in [1.165, 1.54) is 5.56 Å². The van der Waals surface area contributed by atoms with Crippen molar-refractivity contribution in [2.75, 3.05) is 56.1 Å². The summed E-state index contributed by atoms with van der Waals surface area (Å²) in [5.74, 6) is 0.441. The van der Waals surface area contributed by atoms with Crippen LogP contribution in [0.3, 0.4) is 0 Å². The molecule has 3 aliphatic heterocycles. The summed E-state index contributed by atoms with van der Waals surface area (Å²) in [4.78, 5) is 37.9. The predicted molar refractivity (Wildman–Crippen MR) is 140 cm³/mol. The number of ether oxygens (including phenoxy) is 1. The number of amides is 1. The van der Waals surface area contributed by atoms with E-state index in [9.17, 15) is 14.7 Å². The molecule has 5 heterocycles. The van der Waals surface area contributed by atoms with Crippen LogP contribution in [-0.4, -0.2) is 89.9 Å². The van der Waals surface area contributed by atoms with E-state index in [4.69, 9.17) is 9.72 Å². The van der Waals surface area contributed by atoms with Crippen LogP contribution in [0.25, 0.3) is 0 Å². The van der Waals surface area contributed by atoms with Gasteiger partial charge in [0, 0.05) is 57.6 Å². The molecule has 0 saturated carbocycles. The van der Waals surface area contributed by atoms with Crippen molar-refractivity contribution < 1.29 is 19.4 Å². The highest BCUT2D eigenvalue weighted by atomic mass is 16.5.